The van der Waals surface area contributed by atoms with Gasteiger partial charge in [0.25, 0.3) is 0 Å². The first kappa shape index (κ1) is 12.6. The second-order valence-corrected chi connectivity index (χ2v) is 5.81. The molecule has 0 aliphatic heterocycles. The Morgan fingerprint density at radius 3 is 3.11 bits per heavy atom. The molecule has 0 fully saturated rings. The van der Waals surface area contributed by atoms with Gasteiger partial charge in [-0.1, -0.05) is 0 Å². The van der Waals surface area contributed by atoms with Crippen LogP contribution in [0.15, 0.2) is 24.4 Å². The Morgan fingerprint density at radius 2 is 2.37 bits per heavy atom. The van der Waals surface area contributed by atoms with E-state index in [0.717, 1.165) is 11.4 Å². The highest BCUT2D eigenvalue weighted by atomic mass is 32.1. The molecule has 0 radical (unpaired) electrons. The molecule has 1 atom stereocenters. The molecule has 100 valence electrons. The highest BCUT2D eigenvalue weighted by molar-refractivity contribution is 7.12. The number of ether oxygens (including phenoxy) is 1. The zero-order valence-corrected chi connectivity index (χ0v) is 11.7. The molecular formula is C14H17N3OS. The number of nitrogens with zero attached hydrogens (tertiary/aromatic N) is 1. The van der Waals surface area contributed by atoms with E-state index in [1.165, 1.54) is 34.6 Å². The van der Waals surface area contributed by atoms with Gasteiger partial charge in [0.2, 0.25) is 0 Å². The molecular weight excluding hydrogens is 258 g/mol. The van der Waals surface area contributed by atoms with Crippen molar-refractivity contribution in [2.75, 3.05) is 7.11 Å². The molecule has 3 N–H and O–H groups in total. The fourth-order valence-corrected chi connectivity index (χ4v) is 3.90. The minimum Gasteiger partial charge on any atom is -0.495 e. The summed E-state index contributed by atoms with van der Waals surface area (Å²) in [6.45, 7) is 0. The van der Waals surface area contributed by atoms with Gasteiger partial charge in [-0.15, -0.1) is 11.3 Å². The van der Waals surface area contributed by atoms with E-state index >= 15 is 0 Å². The van der Waals surface area contributed by atoms with Crippen molar-refractivity contribution in [3.63, 3.8) is 0 Å². The molecule has 0 bridgehead atoms. The maximum atomic E-state index is 5.74. The third-order valence-electron chi connectivity index (χ3n) is 3.51. The number of nitrogens with two attached hydrogens (primary N) is 1. The molecule has 0 spiro atoms. The SMILES string of the molecule is COc1cccnc1C(NN)c1cc2c(s1)CCC2. The van der Waals surface area contributed by atoms with Gasteiger partial charge in [0.1, 0.15) is 17.5 Å². The van der Waals surface area contributed by atoms with Gasteiger partial charge in [-0.05, 0) is 43.0 Å². The van der Waals surface area contributed by atoms with Crippen molar-refractivity contribution < 1.29 is 4.74 Å². The molecule has 2 aromatic heterocycles. The lowest BCUT2D eigenvalue weighted by Gasteiger charge is -2.16. The predicted octanol–water partition coefficient (Wildman–Crippen LogP) is 2.19. The van der Waals surface area contributed by atoms with Gasteiger partial charge in [0, 0.05) is 16.0 Å². The average Bonchev–Trinajstić information content (AvgIpc) is 3.01. The summed E-state index contributed by atoms with van der Waals surface area (Å²) in [7, 11) is 1.66. The smallest absolute Gasteiger partial charge is 0.142 e. The monoisotopic (exact) mass is 275 g/mol. The molecule has 5 heteroatoms. The molecule has 2 heterocycles. The number of rotatable bonds is 4. The number of fused-ring (bicyclic) bond motifs is 1. The molecule has 4 nitrogen and oxygen atoms in total. The Kier molecular flexibility index (Phi) is 3.50. The van der Waals surface area contributed by atoms with Crippen molar-refractivity contribution in [3.8, 4) is 5.75 Å². The predicted molar refractivity (Wildman–Crippen MR) is 76.3 cm³/mol. The quantitative estimate of drug-likeness (QED) is 0.663. The number of aryl methyl sites for hydroxylation is 2. The van der Waals surface area contributed by atoms with Gasteiger partial charge >= 0.3 is 0 Å². The largest absolute Gasteiger partial charge is 0.495 e. The summed E-state index contributed by atoms with van der Waals surface area (Å²) >= 11 is 1.83. The van der Waals surface area contributed by atoms with Crippen LogP contribution in [0.4, 0.5) is 0 Å². The first-order chi connectivity index (χ1) is 9.33. The highest BCUT2D eigenvalue weighted by Crippen LogP contribution is 2.37. The molecule has 19 heavy (non-hydrogen) atoms. The molecule has 2 aromatic rings. The third kappa shape index (κ3) is 2.25. The fraction of sp³-hybridized carbons (Fsp3) is 0.357. The van der Waals surface area contributed by atoms with Gasteiger partial charge < -0.3 is 4.74 Å². The topological polar surface area (TPSA) is 60.2 Å². The lowest BCUT2D eigenvalue weighted by atomic mass is 10.1. The first-order valence-electron chi connectivity index (χ1n) is 6.40. The number of hydrazine groups is 1. The number of nitrogens with one attached hydrogen (secondary N) is 1. The van der Waals surface area contributed by atoms with Crippen LogP contribution >= 0.6 is 11.3 Å². The van der Waals surface area contributed by atoms with Gasteiger partial charge in [-0.2, -0.15) is 0 Å². The minimum atomic E-state index is -0.105. The van der Waals surface area contributed by atoms with E-state index in [9.17, 15) is 0 Å². The molecule has 0 aromatic carbocycles. The van der Waals surface area contributed by atoms with Crippen LogP contribution in [0.1, 0.15) is 33.5 Å². The van der Waals surface area contributed by atoms with Crippen LogP contribution in [-0.2, 0) is 12.8 Å². The van der Waals surface area contributed by atoms with Crippen LogP contribution in [0.5, 0.6) is 5.75 Å². The summed E-state index contributed by atoms with van der Waals surface area (Å²) in [5, 5.41) is 0. The Bertz CT molecular complexity index is 560. The Labute approximate surface area is 116 Å². The second-order valence-electron chi connectivity index (χ2n) is 4.64. The van der Waals surface area contributed by atoms with E-state index in [-0.39, 0.29) is 6.04 Å². The zero-order chi connectivity index (χ0) is 13.2. The molecule has 3 rings (SSSR count). The summed E-state index contributed by atoms with van der Waals surface area (Å²) < 4.78 is 5.37. The highest BCUT2D eigenvalue weighted by Gasteiger charge is 2.23. The normalized spacial score (nSPS) is 15.3. The van der Waals surface area contributed by atoms with Crippen molar-refractivity contribution in [1.82, 2.24) is 10.4 Å². The summed E-state index contributed by atoms with van der Waals surface area (Å²) in [5.74, 6) is 6.50. The van der Waals surface area contributed by atoms with Gasteiger partial charge in [-0.25, -0.2) is 5.43 Å². The number of hydrogen-bond donors (Lipinski definition) is 2. The van der Waals surface area contributed by atoms with E-state index in [4.69, 9.17) is 10.6 Å². The van der Waals surface area contributed by atoms with Crippen molar-refractivity contribution in [1.29, 1.82) is 0 Å². The van der Waals surface area contributed by atoms with Crippen molar-refractivity contribution in [2.45, 2.75) is 25.3 Å². The van der Waals surface area contributed by atoms with E-state index in [1.54, 1.807) is 13.3 Å². The summed E-state index contributed by atoms with van der Waals surface area (Å²) in [6, 6.07) is 5.93. The van der Waals surface area contributed by atoms with E-state index in [2.05, 4.69) is 16.5 Å². The maximum Gasteiger partial charge on any atom is 0.142 e. The molecule has 0 amide bonds. The minimum absolute atomic E-state index is 0.105. The van der Waals surface area contributed by atoms with Gasteiger partial charge in [0.05, 0.1) is 7.11 Å². The standard InChI is InChI=1S/C14H17N3OS/c1-18-10-5-3-7-16-13(10)14(17-15)12-8-9-4-2-6-11(9)19-12/h3,5,7-8,14,17H,2,4,6,15H2,1H3. The van der Waals surface area contributed by atoms with Crippen LogP contribution in [0.25, 0.3) is 0 Å². The summed E-state index contributed by atoms with van der Waals surface area (Å²) in [6.07, 6.45) is 5.41. The fourth-order valence-electron chi connectivity index (χ4n) is 2.58. The van der Waals surface area contributed by atoms with Crippen molar-refractivity contribution in [3.05, 3.63) is 45.4 Å². The van der Waals surface area contributed by atoms with Crippen molar-refractivity contribution in [2.24, 2.45) is 5.84 Å². The maximum absolute atomic E-state index is 5.74. The van der Waals surface area contributed by atoms with Crippen molar-refractivity contribution >= 4 is 11.3 Å². The van der Waals surface area contributed by atoms with E-state index in [1.807, 2.05) is 23.5 Å². The molecule has 1 aliphatic carbocycles. The summed E-state index contributed by atoms with van der Waals surface area (Å²) in [5.41, 5.74) is 5.17. The van der Waals surface area contributed by atoms with Crippen LogP contribution in [0, 0.1) is 0 Å². The summed E-state index contributed by atoms with van der Waals surface area (Å²) in [4.78, 5) is 7.12. The van der Waals surface area contributed by atoms with Crippen LogP contribution in [0.3, 0.4) is 0 Å². The third-order valence-corrected chi connectivity index (χ3v) is 4.81. The van der Waals surface area contributed by atoms with Gasteiger partial charge in [0.15, 0.2) is 0 Å². The number of hydrogen-bond acceptors (Lipinski definition) is 5. The Hall–Kier alpha value is -1.43. The average molecular weight is 275 g/mol. The molecule has 1 aliphatic rings. The van der Waals surface area contributed by atoms with Crippen LogP contribution in [0.2, 0.25) is 0 Å². The Morgan fingerprint density at radius 1 is 1.47 bits per heavy atom. The number of methoxy groups -OCH3 is 1. The van der Waals surface area contributed by atoms with Crippen LogP contribution < -0.4 is 16.0 Å². The molecule has 1 unspecified atom stereocenters. The molecule has 0 saturated heterocycles. The lowest BCUT2D eigenvalue weighted by molar-refractivity contribution is 0.400. The Balaban J connectivity index is 1.99. The number of aromatic nitrogens is 1. The second kappa shape index (κ2) is 5.28. The molecule has 0 saturated carbocycles. The first-order valence-corrected chi connectivity index (χ1v) is 7.21. The lowest BCUT2D eigenvalue weighted by Crippen LogP contribution is -2.29. The van der Waals surface area contributed by atoms with E-state index < -0.39 is 0 Å². The zero-order valence-electron chi connectivity index (χ0n) is 10.8. The van der Waals surface area contributed by atoms with E-state index in [0.29, 0.717) is 0 Å². The number of thiophene rings is 1. The number of pyridine rings is 1. The van der Waals surface area contributed by atoms with Gasteiger partial charge in [-0.3, -0.25) is 10.8 Å². The van der Waals surface area contributed by atoms with Crippen LogP contribution in [-0.4, -0.2) is 12.1 Å².